The third-order valence-electron chi connectivity index (χ3n) is 2.25. The first kappa shape index (κ1) is 13.6. The minimum absolute atomic E-state index is 0.128. The molecular weight excluding hydrogens is 249 g/mol. The fraction of sp³-hybridized carbons (Fsp3) is 0.300. The molecule has 0 aromatic heterocycles. The molecule has 0 atom stereocenters. The van der Waals surface area contributed by atoms with Crippen molar-refractivity contribution in [2.75, 3.05) is 0 Å². The van der Waals surface area contributed by atoms with Crippen LogP contribution in [-0.2, 0) is 10.0 Å². The highest BCUT2D eigenvalue weighted by atomic mass is 32.2. The molecule has 0 spiro atoms. The number of hydrogen-bond acceptors (Lipinski definition) is 3. The van der Waals surface area contributed by atoms with E-state index < -0.39 is 32.3 Å². The molecule has 0 unspecified atom stereocenters. The second kappa shape index (κ2) is 4.42. The highest BCUT2D eigenvalue weighted by Gasteiger charge is 2.25. The van der Waals surface area contributed by atoms with Crippen molar-refractivity contribution in [3.63, 3.8) is 0 Å². The van der Waals surface area contributed by atoms with Gasteiger partial charge < -0.3 is 5.11 Å². The summed E-state index contributed by atoms with van der Waals surface area (Å²) in [6, 6.07) is 2.10. The fourth-order valence-corrected chi connectivity index (χ4v) is 2.18. The molecule has 0 saturated heterocycles. The summed E-state index contributed by atoms with van der Waals surface area (Å²) in [5, 5.41) is 13.7. The predicted octanol–water partition coefficient (Wildman–Crippen LogP) is 1.29. The van der Waals surface area contributed by atoms with Crippen LogP contribution in [0.4, 0.5) is 4.39 Å². The van der Waals surface area contributed by atoms with Gasteiger partial charge in [-0.3, -0.25) is 0 Å². The van der Waals surface area contributed by atoms with Crippen LogP contribution in [0.15, 0.2) is 17.0 Å². The molecule has 0 aliphatic rings. The van der Waals surface area contributed by atoms with Crippen molar-refractivity contribution in [1.29, 1.82) is 0 Å². The largest absolute Gasteiger partial charge is 0.478 e. The van der Waals surface area contributed by atoms with E-state index in [1.54, 1.807) is 13.8 Å². The van der Waals surface area contributed by atoms with Gasteiger partial charge in [-0.05, 0) is 23.6 Å². The molecule has 0 amide bonds. The van der Waals surface area contributed by atoms with Crippen molar-refractivity contribution in [3.05, 3.63) is 29.1 Å². The molecule has 0 radical (unpaired) electrons. The zero-order valence-corrected chi connectivity index (χ0v) is 10.1. The van der Waals surface area contributed by atoms with Crippen molar-refractivity contribution in [2.24, 2.45) is 5.14 Å². The molecule has 1 aromatic carbocycles. The lowest BCUT2D eigenvalue weighted by Gasteiger charge is -2.11. The monoisotopic (exact) mass is 261 g/mol. The number of nitrogens with two attached hydrogens (primary N) is 1. The van der Waals surface area contributed by atoms with Gasteiger partial charge in [0.2, 0.25) is 10.0 Å². The molecule has 0 saturated carbocycles. The van der Waals surface area contributed by atoms with E-state index >= 15 is 0 Å². The van der Waals surface area contributed by atoms with E-state index in [1.807, 2.05) is 0 Å². The Morgan fingerprint density at radius 3 is 2.29 bits per heavy atom. The lowest BCUT2D eigenvalue weighted by Crippen LogP contribution is -2.19. The van der Waals surface area contributed by atoms with E-state index in [0.717, 1.165) is 12.1 Å². The van der Waals surface area contributed by atoms with Crippen LogP contribution in [0.2, 0.25) is 0 Å². The number of carbonyl (C=O) groups is 1. The Balaban J connectivity index is 3.68. The minimum atomic E-state index is -4.41. The Hall–Kier alpha value is -1.47. The number of halogens is 1. The third kappa shape index (κ3) is 2.80. The summed E-state index contributed by atoms with van der Waals surface area (Å²) in [6.45, 7) is 3.47. The number of sulfonamides is 1. The van der Waals surface area contributed by atoms with Gasteiger partial charge in [-0.1, -0.05) is 13.8 Å². The van der Waals surface area contributed by atoms with Crippen LogP contribution < -0.4 is 5.14 Å². The molecule has 7 heteroatoms. The van der Waals surface area contributed by atoms with Crippen molar-refractivity contribution in [3.8, 4) is 0 Å². The molecule has 0 aliphatic heterocycles. The molecule has 0 aliphatic carbocycles. The lowest BCUT2D eigenvalue weighted by molar-refractivity contribution is 0.0691. The minimum Gasteiger partial charge on any atom is -0.478 e. The molecule has 3 N–H and O–H groups in total. The van der Waals surface area contributed by atoms with Crippen LogP contribution in [0.5, 0.6) is 0 Å². The van der Waals surface area contributed by atoms with E-state index in [9.17, 15) is 17.6 Å². The number of carboxylic acids is 1. The first-order valence-corrected chi connectivity index (χ1v) is 6.28. The molecule has 0 heterocycles. The van der Waals surface area contributed by atoms with Gasteiger partial charge in [0, 0.05) is 0 Å². The van der Waals surface area contributed by atoms with E-state index in [4.69, 9.17) is 10.2 Å². The Labute approximate surface area is 98.1 Å². The van der Waals surface area contributed by atoms with E-state index in [2.05, 4.69) is 0 Å². The quantitative estimate of drug-likeness (QED) is 0.856. The summed E-state index contributed by atoms with van der Waals surface area (Å²) < 4.78 is 35.9. The number of hydrogen-bond donors (Lipinski definition) is 2. The molecule has 0 fully saturated rings. The third-order valence-corrected chi connectivity index (χ3v) is 3.23. The standard InChI is InChI=1S/C10H12FNO4S/c1-5(2)6-3-7(10(13)14)9(8(11)4-6)17(12,15)16/h3-5H,1-2H3,(H,13,14)(H2,12,15,16). The zero-order chi connectivity index (χ0) is 13.4. The summed E-state index contributed by atoms with van der Waals surface area (Å²) in [7, 11) is -4.41. The summed E-state index contributed by atoms with van der Waals surface area (Å²) in [5.41, 5.74) is -0.247. The Bertz CT molecular complexity index is 566. The van der Waals surface area contributed by atoms with Gasteiger partial charge >= 0.3 is 5.97 Å². The smallest absolute Gasteiger partial charge is 0.337 e. The van der Waals surface area contributed by atoms with Crippen molar-refractivity contribution in [2.45, 2.75) is 24.7 Å². The highest BCUT2D eigenvalue weighted by molar-refractivity contribution is 7.89. The Kier molecular flexibility index (Phi) is 3.53. The van der Waals surface area contributed by atoms with Crippen LogP contribution in [0.3, 0.4) is 0 Å². The van der Waals surface area contributed by atoms with Gasteiger partial charge in [0.1, 0.15) is 10.7 Å². The van der Waals surface area contributed by atoms with E-state index in [1.165, 1.54) is 0 Å². The number of carboxylic acid groups (broad SMARTS) is 1. The van der Waals surface area contributed by atoms with Crippen LogP contribution >= 0.6 is 0 Å². The van der Waals surface area contributed by atoms with Gasteiger partial charge in [0.15, 0.2) is 0 Å². The number of aromatic carboxylic acids is 1. The molecule has 17 heavy (non-hydrogen) atoms. The summed E-state index contributed by atoms with van der Waals surface area (Å²) in [5.74, 6) is -2.80. The average Bonchev–Trinajstić information content (AvgIpc) is 2.13. The predicted molar refractivity (Wildman–Crippen MR) is 58.8 cm³/mol. The molecule has 94 valence electrons. The number of primary sulfonamides is 1. The zero-order valence-electron chi connectivity index (χ0n) is 9.27. The first-order chi connectivity index (χ1) is 7.64. The van der Waals surface area contributed by atoms with Crippen LogP contribution in [0.1, 0.15) is 35.7 Å². The fourth-order valence-electron chi connectivity index (χ4n) is 1.40. The van der Waals surface area contributed by atoms with Gasteiger partial charge in [-0.2, -0.15) is 0 Å². The van der Waals surface area contributed by atoms with Crippen LogP contribution in [0.25, 0.3) is 0 Å². The van der Waals surface area contributed by atoms with Crippen molar-refractivity contribution < 1.29 is 22.7 Å². The molecular formula is C10H12FNO4S. The van der Waals surface area contributed by atoms with Gasteiger partial charge in [-0.25, -0.2) is 22.7 Å². The second-order valence-corrected chi connectivity index (χ2v) is 5.38. The molecule has 1 aromatic rings. The summed E-state index contributed by atoms with van der Waals surface area (Å²) in [6.07, 6.45) is 0. The van der Waals surface area contributed by atoms with Crippen molar-refractivity contribution in [1.82, 2.24) is 0 Å². The lowest BCUT2D eigenvalue weighted by atomic mass is 10.0. The first-order valence-electron chi connectivity index (χ1n) is 4.74. The highest BCUT2D eigenvalue weighted by Crippen LogP contribution is 2.24. The number of benzene rings is 1. The van der Waals surface area contributed by atoms with Gasteiger partial charge in [-0.15, -0.1) is 0 Å². The van der Waals surface area contributed by atoms with E-state index in [-0.39, 0.29) is 5.92 Å². The summed E-state index contributed by atoms with van der Waals surface area (Å²) >= 11 is 0. The SMILES string of the molecule is CC(C)c1cc(F)c(S(N)(=O)=O)c(C(=O)O)c1. The summed E-state index contributed by atoms with van der Waals surface area (Å²) in [4.78, 5) is 9.93. The second-order valence-electron chi connectivity index (χ2n) is 3.88. The van der Waals surface area contributed by atoms with E-state index in [0.29, 0.717) is 5.56 Å². The Morgan fingerprint density at radius 2 is 1.94 bits per heavy atom. The normalized spacial score (nSPS) is 11.8. The van der Waals surface area contributed by atoms with Crippen LogP contribution in [-0.4, -0.2) is 19.5 Å². The average molecular weight is 261 g/mol. The maximum atomic E-state index is 13.6. The topological polar surface area (TPSA) is 97.5 Å². The maximum Gasteiger partial charge on any atom is 0.337 e. The molecule has 1 rings (SSSR count). The maximum absolute atomic E-state index is 13.6. The Morgan fingerprint density at radius 1 is 1.41 bits per heavy atom. The van der Waals surface area contributed by atoms with Crippen LogP contribution in [0, 0.1) is 5.82 Å². The molecule has 0 bridgehead atoms. The molecule has 5 nitrogen and oxygen atoms in total. The van der Waals surface area contributed by atoms with Crippen molar-refractivity contribution >= 4 is 16.0 Å². The van der Waals surface area contributed by atoms with Gasteiger partial charge in [0.05, 0.1) is 5.56 Å². The van der Waals surface area contributed by atoms with Gasteiger partial charge in [0.25, 0.3) is 0 Å². The number of rotatable bonds is 3.